The van der Waals surface area contributed by atoms with E-state index in [0.717, 1.165) is 45.6 Å². The van der Waals surface area contributed by atoms with E-state index in [9.17, 15) is 14.4 Å². The molecular weight excluding hydrogens is 526 g/mol. The number of benzene rings is 3. The molecule has 3 aliphatic rings. The third kappa shape index (κ3) is 4.36. The summed E-state index contributed by atoms with van der Waals surface area (Å²) >= 11 is 1.60. The number of nitrogens with zero attached hydrogens (tertiary/aromatic N) is 2. The van der Waals surface area contributed by atoms with Crippen molar-refractivity contribution >= 4 is 44.8 Å². The number of hydrogen-bond acceptors (Lipinski definition) is 7. The quantitative estimate of drug-likeness (QED) is 0.340. The minimum absolute atomic E-state index is 0.0243. The van der Waals surface area contributed by atoms with Gasteiger partial charge in [0.2, 0.25) is 12.7 Å². The van der Waals surface area contributed by atoms with Gasteiger partial charge in [0.05, 0.1) is 29.3 Å². The molecule has 4 heterocycles. The van der Waals surface area contributed by atoms with Gasteiger partial charge < -0.3 is 19.7 Å². The Kier molecular flexibility index (Phi) is 6.15. The van der Waals surface area contributed by atoms with Crippen LogP contribution in [0, 0.1) is 5.92 Å². The van der Waals surface area contributed by atoms with E-state index in [4.69, 9.17) is 9.47 Å². The molecule has 1 saturated heterocycles. The standard InChI is InChI=1S/C31H27N3O5S/c35-29(32-15-19-10-11-25-26(13-19)39-18-38-25)21-6-4-12-33(16-21)24-8-3-7-23-28(24)31(37)34(30(23)36)17-22-14-20-5-1-2-9-27(20)40-22/h1-3,5,7-11,13-14,21H,4,6,12,15-18H2,(H,32,35). The highest BCUT2D eigenvalue weighted by atomic mass is 32.1. The summed E-state index contributed by atoms with van der Waals surface area (Å²) in [6.07, 6.45) is 1.59. The van der Waals surface area contributed by atoms with Crippen molar-refractivity contribution in [2.75, 3.05) is 24.8 Å². The van der Waals surface area contributed by atoms with Gasteiger partial charge in [0.15, 0.2) is 11.5 Å². The van der Waals surface area contributed by atoms with E-state index < -0.39 is 0 Å². The molecule has 0 spiro atoms. The summed E-state index contributed by atoms with van der Waals surface area (Å²) in [4.78, 5) is 44.5. The van der Waals surface area contributed by atoms with Crippen molar-refractivity contribution in [1.29, 1.82) is 0 Å². The second-order valence-electron chi connectivity index (χ2n) is 10.3. The van der Waals surface area contributed by atoms with E-state index in [1.54, 1.807) is 17.4 Å². The number of carbonyl (C=O) groups excluding carboxylic acids is 3. The number of hydrogen-bond donors (Lipinski definition) is 1. The van der Waals surface area contributed by atoms with Crippen LogP contribution in [0.3, 0.4) is 0 Å². The van der Waals surface area contributed by atoms with Gasteiger partial charge in [-0.15, -0.1) is 11.3 Å². The zero-order valence-corrected chi connectivity index (χ0v) is 22.5. The molecule has 1 atom stereocenters. The SMILES string of the molecule is O=C(NCc1ccc2c(c1)OCO2)C1CCCN(c2cccc3c2C(=O)N(Cc2cc4ccccc4s2)C3=O)C1. The fourth-order valence-corrected chi connectivity index (χ4v) is 6.84. The van der Waals surface area contributed by atoms with Crippen molar-refractivity contribution in [2.45, 2.75) is 25.9 Å². The van der Waals surface area contributed by atoms with Crippen LogP contribution in [-0.2, 0) is 17.9 Å². The lowest BCUT2D eigenvalue weighted by molar-refractivity contribution is -0.125. The maximum Gasteiger partial charge on any atom is 0.264 e. The normalized spacial score (nSPS) is 17.9. The van der Waals surface area contributed by atoms with E-state index in [0.29, 0.717) is 35.7 Å². The molecule has 3 aliphatic heterocycles. The highest BCUT2D eigenvalue weighted by molar-refractivity contribution is 7.19. The lowest BCUT2D eigenvalue weighted by Gasteiger charge is -2.34. The molecular formula is C31H27N3O5S. The summed E-state index contributed by atoms with van der Waals surface area (Å²) in [6.45, 7) is 2.06. The predicted molar refractivity (Wildman–Crippen MR) is 152 cm³/mol. The molecule has 1 N–H and O–H groups in total. The molecule has 0 bridgehead atoms. The Bertz CT molecular complexity index is 1630. The Balaban J connectivity index is 1.06. The average Bonchev–Trinajstić information content (AvgIpc) is 3.69. The molecule has 0 radical (unpaired) electrons. The lowest BCUT2D eigenvalue weighted by Crippen LogP contribution is -2.43. The van der Waals surface area contributed by atoms with Crippen LogP contribution >= 0.6 is 11.3 Å². The Labute approximate surface area is 235 Å². The third-order valence-corrected chi connectivity index (χ3v) is 8.90. The summed E-state index contributed by atoms with van der Waals surface area (Å²) < 4.78 is 11.9. The van der Waals surface area contributed by atoms with Gasteiger partial charge in [-0.3, -0.25) is 19.3 Å². The molecule has 0 aliphatic carbocycles. The molecule has 3 amide bonds. The van der Waals surface area contributed by atoms with Crippen LogP contribution in [0.15, 0.2) is 66.7 Å². The van der Waals surface area contributed by atoms with E-state index in [1.165, 1.54) is 4.90 Å². The van der Waals surface area contributed by atoms with E-state index >= 15 is 0 Å². The van der Waals surface area contributed by atoms with Crippen LogP contribution in [0.25, 0.3) is 10.1 Å². The largest absolute Gasteiger partial charge is 0.454 e. The third-order valence-electron chi connectivity index (χ3n) is 7.80. The van der Waals surface area contributed by atoms with Gasteiger partial charge in [-0.1, -0.05) is 30.3 Å². The van der Waals surface area contributed by atoms with Crippen molar-refractivity contribution in [3.8, 4) is 11.5 Å². The number of thiophene rings is 1. The number of nitrogens with one attached hydrogen (secondary N) is 1. The number of piperidine rings is 1. The maximum atomic E-state index is 13.6. The second-order valence-corrected chi connectivity index (χ2v) is 11.5. The van der Waals surface area contributed by atoms with Gasteiger partial charge in [0.1, 0.15) is 0 Å². The van der Waals surface area contributed by atoms with Gasteiger partial charge in [-0.2, -0.15) is 0 Å². The number of imide groups is 1. The van der Waals surface area contributed by atoms with Crippen LogP contribution in [0.2, 0.25) is 0 Å². The first kappa shape index (κ1) is 24.7. The Morgan fingerprint density at radius 3 is 2.75 bits per heavy atom. The summed E-state index contributed by atoms with van der Waals surface area (Å²) in [7, 11) is 0. The van der Waals surface area contributed by atoms with Crippen molar-refractivity contribution in [3.05, 3.63) is 88.3 Å². The Morgan fingerprint density at radius 2 is 1.85 bits per heavy atom. The molecule has 9 heteroatoms. The van der Waals surface area contributed by atoms with Crippen LogP contribution in [0.5, 0.6) is 11.5 Å². The number of rotatable bonds is 6. The van der Waals surface area contributed by atoms with E-state index in [2.05, 4.69) is 10.2 Å². The van der Waals surface area contributed by atoms with Crippen molar-refractivity contribution in [2.24, 2.45) is 5.92 Å². The van der Waals surface area contributed by atoms with Crippen LogP contribution in [0.1, 0.15) is 44.0 Å². The second kappa shape index (κ2) is 9.98. The summed E-state index contributed by atoms with van der Waals surface area (Å²) in [5, 5.41) is 4.16. The zero-order chi connectivity index (χ0) is 27.2. The van der Waals surface area contributed by atoms with Gasteiger partial charge in [0.25, 0.3) is 11.8 Å². The van der Waals surface area contributed by atoms with Crippen LogP contribution in [0.4, 0.5) is 5.69 Å². The molecule has 8 nitrogen and oxygen atoms in total. The number of fused-ring (bicyclic) bond motifs is 3. The first-order valence-corrected chi connectivity index (χ1v) is 14.2. The Morgan fingerprint density at radius 1 is 0.975 bits per heavy atom. The topological polar surface area (TPSA) is 88.2 Å². The summed E-state index contributed by atoms with van der Waals surface area (Å²) in [5.41, 5.74) is 2.53. The Hall–Kier alpha value is -4.37. The number of ether oxygens (including phenoxy) is 2. The van der Waals surface area contributed by atoms with E-state index in [1.807, 2.05) is 60.7 Å². The smallest absolute Gasteiger partial charge is 0.264 e. The van der Waals surface area contributed by atoms with Crippen LogP contribution < -0.4 is 19.7 Å². The molecule has 7 rings (SSSR count). The average molecular weight is 554 g/mol. The fourth-order valence-electron chi connectivity index (χ4n) is 5.79. The fraction of sp³-hybridized carbons (Fsp3) is 0.258. The van der Waals surface area contributed by atoms with Gasteiger partial charge in [0, 0.05) is 29.2 Å². The highest BCUT2D eigenvalue weighted by Gasteiger charge is 2.39. The molecule has 4 aromatic rings. The minimum Gasteiger partial charge on any atom is -0.454 e. The summed E-state index contributed by atoms with van der Waals surface area (Å²) in [5.74, 6) is 0.610. The summed E-state index contributed by atoms with van der Waals surface area (Å²) in [6, 6.07) is 21.2. The monoisotopic (exact) mass is 553 g/mol. The molecule has 40 heavy (non-hydrogen) atoms. The van der Waals surface area contributed by atoms with E-state index in [-0.39, 0.29) is 37.0 Å². The van der Waals surface area contributed by atoms with Crippen molar-refractivity contribution in [1.82, 2.24) is 10.2 Å². The molecule has 1 fully saturated rings. The zero-order valence-electron chi connectivity index (χ0n) is 21.7. The first-order chi connectivity index (χ1) is 19.5. The highest BCUT2D eigenvalue weighted by Crippen LogP contribution is 2.36. The van der Waals surface area contributed by atoms with Gasteiger partial charge in [-0.05, 0) is 60.2 Å². The van der Waals surface area contributed by atoms with Crippen molar-refractivity contribution in [3.63, 3.8) is 0 Å². The molecule has 3 aromatic carbocycles. The van der Waals surface area contributed by atoms with Crippen molar-refractivity contribution < 1.29 is 23.9 Å². The number of anilines is 1. The molecule has 0 saturated carbocycles. The molecule has 1 unspecified atom stereocenters. The lowest BCUT2D eigenvalue weighted by atomic mass is 9.95. The van der Waals surface area contributed by atoms with Gasteiger partial charge >= 0.3 is 0 Å². The molecule has 202 valence electrons. The first-order valence-electron chi connectivity index (χ1n) is 13.4. The van der Waals surface area contributed by atoms with Gasteiger partial charge in [-0.25, -0.2) is 0 Å². The minimum atomic E-state index is -0.276. The molecule has 1 aromatic heterocycles. The maximum absolute atomic E-state index is 13.6. The number of carbonyl (C=O) groups is 3. The number of amides is 3. The predicted octanol–water partition coefficient (Wildman–Crippen LogP) is 4.96. The van der Waals surface area contributed by atoms with Crippen LogP contribution in [-0.4, -0.2) is 42.5 Å².